The van der Waals surface area contributed by atoms with Gasteiger partial charge in [-0.05, 0) is 43.5 Å². The number of halogens is 1. The molecule has 1 amide bonds. The lowest BCUT2D eigenvalue weighted by Crippen LogP contribution is -2.30. The number of nitrogens with one attached hydrogen (secondary N) is 1. The number of hydrogen-bond acceptors (Lipinski definition) is 8. The largest absolute Gasteiger partial charge is 0.355 e. The van der Waals surface area contributed by atoms with Crippen LogP contribution in [0, 0.1) is 0 Å². The number of aromatic nitrogens is 2. The Bertz CT molecular complexity index is 1180. The average Bonchev–Trinajstić information content (AvgIpc) is 2.67. The topological polar surface area (TPSA) is 178 Å². The van der Waals surface area contributed by atoms with E-state index in [0.717, 1.165) is 38.4 Å². The van der Waals surface area contributed by atoms with E-state index in [9.17, 15) is 21.6 Å². The molecule has 0 bridgehead atoms. The van der Waals surface area contributed by atoms with Crippen LogP contribution in [0.3, 0.4) is 0 Å². The third-order valence-electron chi connectivity index (χ3n) is 4.46. The van der Waals surface area contributed by atoms with Gasteiger partial charge in [-0.1, -0.05) is 11.6 Å². The zero-order valence-electron chi connectivity index (χ0n) is 15.6. The Morgan fingerprint density at radius 1 is 0.967 bits per heavy atom. The summed E-state index contributed by atoms with van der Waals surface area (Å²) in [5, 5.41) is 20.0. The molecule has 1 saturated heterocycles. The summed E-state index contributed by atoms with van der Waals surface area (Å²) in [6.07, 6.45) is 3.26. The lowest BCUT2D eigenvalue weighted by atomic mass is 10.1. The van der Waals surface area contributed by atoms with Crippen molar-refractivity contribution in [2.24, 2.45) is 10.3 Å². The number of carbonyl (C=O) groups is 1. The number of nitrogens with two attached hydrogens (primary N) is 2. The Balaban J connectivity index is 1.90. The summed E-state index contributed by atoms with van der Waals surface area (Å²) in [7, 11) is -8.74. The molecular formula is C16H19ClN6O5S2. The molecule has 1 fully saturated rings. The van der Waals surface area contributed by atoms with Gasteiger partial charge in [-0.25, -0.2) is 27.1 Å². The molecule has 0 radical (unpaired) electrons. The van der Waals surface area contributed by atoms with E-state index in [1.54, 1.807) is 6.07 Å². The SMILES string of the molecule is NS(=O)(=O)c1cc(S(N)(=O)=O)c(NC(=O)c2ccc(N3CCCCC3)nn2)cc1Cl. The van der Waals surface area contributed by atoms with Gasteiger partial charge in [0.25, 0.3) is 5.91 Å². The first-order valence-corrected chi connectivity index (χ1v) is 12.2. The highest BCUT2D eigenvalue weighted by atomic mass is 35.5. The van der Waals surface area contributed by atoms with Crippen molar-refractivity contribution in [3.63, 3.8) is 0 Å². The summed E-state index contributed by atoms with van der Waals surface area (Å²) in [5.74, 6) is -0.144. The van der Waals surface area contributed by atoms with E-state index in [1.165, 1.54) is 6.07 Å². The lowest BCUT2D eigenvalue weighted by Gasteiger charge is -2.27. The second kappa shape index (κ2) is 8.43. The van der Waals surface area contributed by atoms with Crippen LogP contribution in [0.1, 0.15) is 29.8 Å². The number of primary sulfonamides is 2. The van der Waals surface area contributed by atoms with Gasteiger partial charge in [0.05, 0.1) is 10.7 Å². The Morgan fingerprint density at radius 3 is 2.13 bits per heavy atom. The molecule has 0 atom stereocenters. The Hall–Kier alpha value is -2.32. The zero-order chi connectivity index (χ0) is 22.1. The molecule has 0 aliphatic carbocycles. The third kappa shape index (κ3) is 5.05. The Kier molecular flexibility index (Phi) is 6.29. The number of nitrogens with zero attached hydrogens (tertiary/aromatic N) is 3. The van der Waals surface area contributed by atoms with Crippen LogP contribution >= 0.6 is 11.6 Å². The first kappa shape index (κ1) is 22.4. The molecule has 162 valence electrons. The van der Waals surface area contributed by atoms with Gasteiger partial charge in [-0.15, -0.1) is 10.2 Å². The van der Waals surface area contributed by atoms with Crippen LogP contribution in [0.4, 0.5) is 11.5 Å². The number of rotatable bonds is 5. The van der Waals surface area contributed by atoms with Gasteiger partial charge < -0.3 is 10.2 Å². The van der Waals surface area contributed by atoms with Gasteiger partial charge in [0.15, 0.2) is 11.5 Å². The lowest BCUT2D eigenvalue weighted by molar-refractivity contribution is 0.102. The molecular weight excluding hydrogens is 456 g/mol. The van der Waals surface area contributed by atoms with E-state index in [1.807, 2.05) is 0 Å². The van der Waals surface area contributed by atoms with Gasteiger partial charge in [-0.3, -0.25) is 4.79 Å². The van der Waals surface area contributed by atoms with Gasteiger partial charge in [0, 0.05) is 13.1 Å². The summed E-state index contributed by atoms with van der Waals surface area (Å²) >= 11 is 5.89. The van der Waals surface area contributed by atoms with Crippen LogP contribution in [-0.4, -0.2) is 46.0 Å². The van der Waals surface area contributed by atoms with Crippen molar-refractivity contribution in [1.29, 1.82) is 0 Å². The van der Waals surface area contributed by atoms with Gasteiger partial charge in [-0.2, -0.15) is 0 Å². The molecule has 0 spiro atoms. The van der Waals surface area contributed by atoms with Crippen molar-refractivity contribution in [3.8, 4) is 0 Å². The Labute approximate surface area is 178 Å². The van der Waals surface area contributed by atoms with Crippen LogP contribution in [0.25, 0.3) is 0 Å². The van der Waals surface area contributed by atoms with Crippen molar-refractivity contribution in [2.45, 2.75) is 29.1 Å². The van der Waals surface area contributed by atoms with E-state index in [2.05, 4.69) is 20.4 Å². The summed E-state index contributed by atoms with van der Waals surface area (Å²) in [6.45, 7) is 1.71. The number of carbonyl (C=O) groups excluding carboxylic acids is 1. The fourth-order valence-electron chi connectivity index (χ4n) is 3.01. The van der Waals surface area contributed by atoms with E-state index in [4.69, 9.17) is 21.9 Å². The van der Waals surface area contributed by atoms with Crippen molar-refractivity contribution >= 4 is 49.1 Å². The minimum Gasteiger partial charge on any atom is -0.355 e. The van der Waals surface area contributed by atoms with Crippen LogP contribution in [0.5, 0.6) is 0 Å². The molecule has 1 aliphatic rings. The van der Waals surface area contributed by atoms with E-state index in [-0.39, 0.29) is 16.4 Å². The molecule has 5 N–H and O–H groups in total. The molecule has 2 aromatic rings. The maximum atomic E-state index is 12.5. The smallest absolute Gasteiger partial charge is 0.276 e. The quantitative estimate of drug-likeness (QED) is 0.565. The minimum atomic E-state index is -4.42. The first-order chi connectivity index (χ1) is 14.0. The Morgan fingerprint density at radius 2 is 1.60 bits per heavy atom. The van der Waals surface area contributed by atoms with Gasteiger partial charge in [0.1, 0.15) is 9.79 Å². The minimum absolute atomic E-state index is 0.0808. The maximum absolute atomic E-state index is 12.5. The standard InChI is InChI=1S/C16H19ClN6O5S2/c17-10-8-12(14(30(19,27)28)9-13(10)29(18,25)26)20-16(24)11-4-5-15(22-21-11)23-6-2-1-3-7-23/h4-5,8-9H,1-3,6-7H2,(H,20,24)(H2,18,25,26)(H2,19,27,28). The van der Waals surface area contributed by atoms with E-state index < -0.39 is 35.7 Å². The summed E-state index contributed by atoms with van der Waals surface area (Å²) < 4.78 is 47.0. The molecule has 30 heavy (non-hydrogen) atoms. The number of piperidine rings is 1. The number of anilines is 2. The van der Waals surface area contributed by atoms with E-state index in [0.29, 0.717) is 11.9 Å². The highest BCUT2D eigenvalue weighted by molar-refractivity contribution is 7.90. The molecule has 14 heteroatoms. The highest BCUT2D eigenvalue weighted by Crippen LogP contribution is 2.31. The molecule has 0 saturated carbocycles. The van der Waals surface area contributed by atoms with Crippen LogP contribution in [0.15, 0.2) is 34.1 Å². The predicted octanol–water partition coefficient (Wildman–Crippen LogP) is 0.667. The predicted molar refractivity (Wildman–Crippen MR) is 110 cm³/mol. The molecule has 3 rings (SSSR count). The molecule has 2 heterocycles. The van der Waals surface area contributed by atoms with Crippen molar-refractivity contribution in [1.82, 2.24) is 10.2 Å². The number of amides is 1. The van der Waals surface area contributed by atoms with Gasteiger partial charge in [0.2, 0.25) is 20.0 Å². The fourth-order valence-corrected chi connectivity index (χ4v) is 4.88. The normalized spacial score (nSPS) is 15.1. The summed E-state index contributed by atoms with van der Waals surface area (Å²) in [6, 6.07) is 4.72. The molecule has 11 nitrogen and oxygen atoms in total. The molecule has 1 aromatic heterocycles. The average molecular weight is 475 g/mol. The van der Waals surface area contributed by atoms with Crippen LogP contribution in [-0.2, 0) is 20.0 Å². The van der Waals surface area contributed by atoms with Crippen molar-refractivity contribution in [3.05, 3.63) is 35.0 Å². The first-order valence-electron chi connectivity index (χ1n) is 8.76. The van der Waals surface area contributed by atoms with E-state index >= 15 is 0 Å². The second-order valence-corrected chi connectivity index (χ2v) is 10.1. The van der Waals surface area contributed by atoms with Crippen molar-refractivity contribution < 1.29 is 21.6 Å². The summed E-state index contributed by atoms with van der Waals surface area (Å²) in [4.78, 5) is 13.3. The third-order valence-corrected chi connectivity index (χ3v) is 6.78. The van der Waals surface area contributed by atoms with Crippen LogP contribution in [0.2, 0.25) is 5.02 Å². The molecule has 1 aliphatic heterocycles. The molecule has 0 unspecified atom stereocenters. The summed E-state index contributed by atoms with van der Waals surface area (Å²) in [5.41, 5.74) is -0.399. The zero-order valence-corrected chi connectivity index (χ0v) is 18.0. The van der Waals surface area contributed by atoms with Crippen molar-refractivity contribution in [2.75, 3.05) is 23.3 Å². The second-order valence-electron chi connectivity index (χ2n) is 6.65. The molecule has 1 aromatic carbocycles. The number of sulfonamides is 2. The monoisotopic (exact) mass is 474 g/mol. The highest BCUT2D eigenvalue weighted by Gasteiger charge is 2.24. The number of benzene rings is 1. The van der Waals surface area contributed by atoms with Crippen LogP contribution < -0.4 is 20.5 Å². The van der Waals surface area contributed by atoms with Gasteiger partial charge >= 0.3 is 0 Å². The fraction of sp³-hybridized carbons (Fsp3) is 0.312. The number of hydrogen-bond donors (Lipinski definition) is 3. The maximum Gasteiger partial charge on any atom is 0.276 e.